The summed E-state index contributed by atoms with van der Waals surface area (Å²) in [5.41, 5.74) is 1.21. The second kappa shape index (κ2) is 5.21. The molecular formula is C11H15BrN2S. The molecule has 0 spiro atoms. The van der Waals surface area contributed by atoms with Gasteiger partial charge in [0.1, 0.15) is 5.82 Å². The Morgan fingerprint density at radius 2 is 2.47 bits per heavy atom. The Balaban J connectivity index is 2.03. The maximum Gasteiger partial charge on any atom is 0.129 e. The third-order valence-corrected chi connectivity index (χ3v) is 4.20. The van der Waals surface area contributed by atoms with Gasteiger partial charge in [0.05, 0.1) is 0 Å². The molecule has 4 heteroatoms. The zero-order valence-electron chi connectivity index (χ0n) is 8.79. The number of hydrogen-bond donors (Lipinski definition) is 1. The zero-order valence-corrected chi connectivity index (χ0v) is 11.2. The van der Waals surface area contributed by atoms with E-state index >= 15 is 0 Å². The summed E-state index contributed by atoms with van der Waals surface area (Å²) in [5.74, 6) is 3.55. The molecule has 15 heavy (non-hydrogen) atoms. The first-order valence-electron chi connectivity index (χ1n) is 5.22. The molecule has 1 fully saturated rings. The van der Waals surface area contributed by atoms with Gasteiger partial charge in [0.2, 0.25) is 0 Å². The van der Waals surface area contributed by atoms with Gasteiger partial charge in [-0.15, -0.1) is 0 Å². The highest BCUT2D eigenvalue weighted by molar-refractivity contribution is 9.10. The second-order valence-electron chi connectivity index (χ2n) is 3.88. The van der Waals surface area contributed by atoms with Crippen LogP contribution in [0.15, 0.2) is 16.7 Å². The molecule has 0 radical (unpaired) electrons. The molecular weight excluding hydrogens is 272 g/mol. The molecule has 0 aromatic carbocycles. The van der Waals surface area contributed by atoms with Crippen molar-refractivity contribution in [2.75, 3.05) is 16.8 Å². The average molecular weight is 287 g/mol. The smallest absolute Gasteiger partial charge is 0.129 e. The van der Waals surface area contributed by atoms with Crippen LogP contribution in [0, 0.1) is 6.92 Å². The summed E-state index contributed by atoms with van der Waals surface area (Å²) in [6.07, 6.45) is 4.44. The van der Waals surface area contributed by atoms with E-state index in [1.54, 1.807) is 0 Å². The molecule has 82 valence electrons. The fourth-order valence-corrected chi connectivity index (χ4v) is 3.26. The van der Waals surface area contributed by atoms with E-state index in [2.05, 4.69) is 39.2 Å². The number of aromatic nitrogens is 1. The summed E-state index contributed by atoms with van der Waals surface area (Å²) < 4.78 is 1.04. The van der Waals surface area contributed by atoms with Crippen LogP contribution in [-0.4, -0.2) is 22.5 Å². The number of rotatable bonds is 2. The lowest BCUT2D eigenvalue weighted by molar-refractivity contribution is 0.681. The predicted octanol–water partition coefficient (Wildman–Crippen LogP) is 3.46. The highest BCUT2D eigenvalue weighted by atomic mass is 79.9. The summed E-state index contributed by atoms with van der Waals surface area (Å²) >= 11 is 5.46. The number of hydrogen-bond acceptors (Lipinski definition) is 3. The van der Waals surface area contributed by atoms with Crippen LogP contribution < -0.4 is 5.32 Å². The Bertz CT molecular complexity index is 337. The largest absolute Gasteiger partial charge is 0.366 e. The number of nitrogens with one attached hydrogen (secondary N) is 1. The Kier molecular flexibility index (Phi) is 3.92. The number of thioether (sulfide) groups is 1. The molecule has 0 aliphatic carbocycles. The van der Waals surface area contributed by atoms with Gasteiger partial charge < -0.3 is 5.32 Å². The number of aryl methyl sites for hydroxylation is 1. The van der Waals surface area contributed by atoms with Gasteiger partial charge >= 0.3 is 0 Å². The minimum atomic E-state index is 0.594. The van der Waals surface area contributed by atoms with Gasteiger partial charge in [0, 0.05) is 22.5 Å². The van der Waals surface area contributed by atoms with Crippen molar-refractivity contribution >= 4 is 33.5 Å². The molecule has 1 aromatic rings. The zero-order chi connectivity index (χ0) is 10.7. The molecule has 1 N–H and O–H groups in total. The van der Waals surface area contributed by atoms with Gasteiger partial charge in [-0.05, 0) is 53.1 Å². The highest BCUT2D eigenvalue weighted by Gasteiger charge is 2.14. The molecule has 0 saturated carbocycles. The standard InChI is InChI=1S/C11H15BrN2S/c1-8-5-9(12)6-13-11(8)14-10-3-2-4-15-7-10/h5-6,10H,2-4,7H2,1H3,(H,13,14). The maximum atomic E-state index is 4.40. The first-order chi connectivity index (χ1) is 7.25. The Morgan fingerprint density at radius 3 is 3.13 bits per heavy atom. The van der Waals surface area contributed by atoms with E-state index in [0.717, 1.165) is 10.3 Å². The normalized spacial score (nSPS) is 21.3. The van der Waals surface area contributed by atoms with Crippen molar-refractivity contribution < 1.29 is 0 Å². The summed E-state index contributed by atoms with van der Waals surface area (Å²) in [6, 6.07) is 2.70. The van der Waals surface area contributed by atoms with Crippen LogP contribution in [-0.2, 0) is 0 Å². The Morgan fingerprint density at radius 1 is 1.60 bits per heavy atom. The van der Waals surface area contributed by atoms with E-state index < -0.39 is 0 Å². The third kappa shape index (κ3) is 3.11. The number of anilines is 1. The summed E-state index contributed by atoms with van der Waals surface area (Å²) in [4.78, 5) is 4.40. The van der Waals surface area contributed by atoms with Gasteiger partial charge in [-0.25, -0.2) is 4.98 Å². The van der Waals surface area contributed by atoms with Crippen LogP contribution in [0.2, 0.25) is 0 Å². The third-order valence-electron chi connectivity index (χ3n) is 2.55. The van der Waals surface area contributed by atoms with Crippen molar-refractivity contribution in [3.8, 4) is 0 Å². The number of halogens is 1. The maximum absolute atomic E-state index is 4.40. The quantitative estimate of drug-likeness (QED) is 0.901. The fraction of sp³-hybridized carbons (Fsp3) is 0.545. The Labute approximate surface area is 103 Å². The SMILES string of the molecule is Cc1cc(Br)cnc1NC1CCCSC1. The highest BCUT2D eigenvalue weighted by Crippen LogP contribution is 2.22. The van der Waals surface area contributed by atoms with Crippen molar-refractivity contribution in [3.63, 3.8) is 0 Å². The molecule has 1 aliphatic rings. The second-order valence-corrected chi connectivity index (χ2v) is 5.94. The van der Waals surface area contributed by atoms with E-state index in [9.17, 15) is 0 Å². The lowest BCUT2D eigenvalue weighted by Gasteiger charge is -2.23. The number of nitrogens with zero attached hydrogens (tertiary/aromatic N) is 1. The van der Waals surface area contributed by atoms with Crippen LogP contribution in [0.5, 0.6) is 0 Å². The first-order valence-corrected chi connectivity index (χ1v) is 7.17. The van der Waals surface area contributed by atoms with Crippen LogP contribution in [0.4, 0.5) is 5.82 Å². The minimum absolute atomic E-state index is 0.594. The van der Waals surface area contributed by atoms with Crippen molar-refractivity contribution in [1.82, 2.24) is 4.98 Å². The molecule has 1 aromatic heterocycles. The molecule has 0 bridgehead atoms. The minimum Gasteiger partial charge on any atom is -0.366 e. The van der Waals surface area contributed by atoms with Crippen molar-refractivity contribution in [3.05, 3.63) is 22.3 Å². The molecule has 1 saturated heterocycles. The average Bonchev–Trinajstić information content (AvgIpc) is 2.24. The van der Waals surface area contributed by atoms with E-state index in [4.69, 9.17) is 0 Å². The Hall–Kier alpha value is -0.220. The van der Waals surface area contributed by atoms with Crippen LogP contribution >= 0.6 is 27.7 Å². The molecule has 2 heterocycles. The molecule has 2 nitrogen and oxygen atoms in total. The van der Waals surface area contributed by atoms with E-state index in [0.29, 0.717) is 6.04 Å². The van der Waals surface area contributed by atoms with Gasteiger partial charge in [-0.3, -0.25) is 0 Å². The summed E-state index contributed by atoms with van der Waals surface area (Å²) in [5, 5.41) is 3.52. The summed E-state index contributed by atoms with van der Waals surface area (Å²) in [6.45, 7) is 2.09. The topological polar surface area (TPSA) is 24.9 Å². The summed E-state index contributed by atoms with van der Waals surface area (Å²) in [7, 11) is 0. The van der Waals surface area contributed by atoms with Crippen molar-refractivity contribution in [2.24, 2.45) is 0 Å². The predicted molar refractivity (Wildman–Crippen MR) is 70.6 cm³/mol. The fourth-order valence-electron chi connectivity index (χ4n) is 1.74. The van der Waals surface area contributed by atoms with Crippen molar-refractivity contribution in [2.45, 2.75) is 25.8 Å². The van der Waals surface area contributed by atoms with Gasteiger partial charge in [0.25, 0.3) is 0 Å². The van der Waals surface area contributed by atoms with E-state index in [1.807, 2.05) is 18.0 Å². The number of pyridine rings is 1. The molecule has 1 atom stereocenters. The lowest BCUT2D eigenvalue weighted by Crippen LogP contribution is -2.26. The van der Waals surface area contributed by atoms with Gasteiger partial charge in [0.15, 0.2) is 0 Å². The van der Waals surface area contributed by atoms with Crippen LogP contribution in [0.1, 0.15) is 18.4 Å². The molecule has 2 rings (SSSR count). The van der Waals surface area contributed by atoms with Crippen LogP contribution in [0.3, 0.4) is 0 Å². The van der Waals surface area contributed by atoms with E-state index in [-0.39, 0.29) is 0 Å². The van der Waals surface area contributed by atoms with E-state index in [1.165, 1.54) is 29.9 Å². The molecule has 0 amide bonds. The molecule has 1 unspecified atom stereocenters. The van der Waals surface area contributed by atoms with Gasteiger partial charge in [-0.2, -0.15) is 11.8 Å². The monoisotopic (exact) mass is 286 g/mol. The van der Waals surface area contributed by atoms with Crippen molar-refractivity contribution in [1.29, 1.82) is 0 Å². The van der Waals surface area contributed by atoms with Gasteiger partial charge in [-0.1, -0.05) is 0 Å². The first kappa shape index (κ1) is 11.3. The molecule has 1 aliphatic heterocycles. The lowest BCUT2D eigenvalue weighted by atomic mass is 10.2. The van der Waals surface area contributed by atoms with Crippen LogP contribution in [0.25, 0.3) is 0 Å².